The van der Waals surface area contributed by atoms with E-state index in [1.165, 1.54) is 0 Å². The Morgan fingerprint density at radius 3 is 2.56 bits per heavy atom. The van der Waals surface area contributed by atoms with E-state index in [1.807, 2.05) is 54.2 Å². The fourth-order valence-corrected chi connectivity index (χ4v) is 1.87. The van der Waals surface area contributed by atoms with Gasteiger partial charge in [0.15, 0.2) is 6.20 Å². The van der Waals surface area contributed by atoms with E-state index < -0.39 is 0 Å². The number of nitrogens with zero attached hydrogens (tertiary/aromatic N) is 1. The van der Waals surface area contributed by atoms with Crippen molar-refractivity contribution in [3.63, 3.8) is 0 Å². The molecule has 0 saturated heterocycles. The summed E-state index contributed by atoms with van der Waals surface area (Å²) in [5.74, 6) is 0.605. The minimum atomic E-state index is -0.341. The normalized spacial score (nSPS) is 10.3. The molecule has 0 fully saturated rings. The van der Waals surface area contributed by atoms with E-state index in [0.717, 1.165) is 11.3 Å². The number of pyridine rings is 1. The highest BCUT2D eigenvalue weighted by molar-refractivity contribution is 7.17. The van der Waals surface area contributed by atoms with Gasteiger partial charge in [-0.1, -0.05) is 18.2 Å². The van der Waals surface area contributed by atoms with Crippen LogP contribution in [-0.2, 0) is 11.6 Å². The molecule has 0 spiro atoms. The quantitative estimate of drug-likeness (QED) is 0.601. The zero-order valence-electron chi connectivity index (χ0n) is 8.83. The van der Waals surface area contributed by atoms with Crippen LogP contribution in [0.3, 0.4) is 0 Å². The van der Waals surface area contributed by atoms with Gasteiger partial charge in [0.2, 0.25) is 5.75 Å². The molecule has 0 bridgehead atoms. The Morgan fingerprint density at radius 1 is 1.12 bits per heavy atom. The van der Waals surface area contributed by atoms with Crippen LogP contribution in [0.15, 0.2) is 48.7 Å². The molecule has 1 heterocycles. The molecular formula is C12H11NO2P+. The highest BCUT2D eigenvalue weighted by atomic mass is 31.1. The van der Waals surface area contributed by atoms with Crippen molar-refractivity contribution in [1.29, 1.82) is 0 Å². The van der Waals surface area contributed by atoms with E-state index in [2.05, 4.69) is 0 Å². The second kappa shape index (κ2) is 4.86. The van der Waals surface area contributed by atoms with Gasteiger partial charge in [0.25, 0.3) is 5.69 Å². The molecule has 0 saturated carbocycles. The molecule has 0 aliphatic rings. The van der Waals surface area contributed by atoms with Crippen molar-refractivity contribution in [2.45, 2.75) is 0 Å². The second-order valence-corrected chi connectivity index (χ2v) is 3.70. The van der Waals surface area contributed by atoms with Gasteiger partial charge in [0.05, 0.1) is 5.56 Å². The summed E-state index contributed by atoms with van der Waals surface area (Å²) in [6.07, 6.45) is 1.93. The fourth-order valence-electron chi connectivity index (χ4n) is 1.64. The highest BCUT2D eigenvalue weighted by Crippen LogP contribution is 2.27. The third-order valence-electron chi connectivity index (χ3n) is 2.33. The van der Waals surface area contributed by atoms with Crippen LogP contribution >= 0.6 is 8.69 Å². The summed E-state index contributed by atoms with van der Waals surface area (Å²) < 4.78 is 17.5. The van der Waals surface area contributed by atoms with Crippen molar-refractivity contribution in [2.24, 2.45) is 7.05 Å². The number of benzene rings is 1. The van der Waals surface area contributed by atoms with Crippen molar-refractivity contribution in [1.82, 2.24) is 0 Å². The summed E-state index contributed by atoms with van der Waals surface area (Å²) in [6, 6.07) is 13.5. The fraction of sp³-hybridized carbons (Fsp3) is 0.0833. The van der Waals surface area contributed by atoms with Gasteiger partial charge in [-0.2, -0.15) is 4.57 Å². The van der Waals surface area contributed by atoms with Gasteiger partial charge in [-0.25, -0.2) is 4.57 Å². The van der Waals surface area contributed by atoms with Crippen LogP contribution in [0.1, 0.15) is 0 Å². The van der Waals surface area contributed by atoms with Gasteiger partial charge in [0.1, 0.15) is 7.05 Å². The summed E-state index contributed by atoms with van der Waals surface area (Å²) in [6.45, 7) is 0. The topological polar surface area (TPSA) is 30.2 Å². The van der Waals surface area contributed by atoms with Crippen molar-refractivity contribution >= 4 is 8.69 Å². The summed E-state index contributed by atoms with van der Waals surface area (Å²) in [5, 5.41) is 0. The molecule has 2 rings (SSSR count). The molecule has 0 atom stereocenters. The predicted molar refractivity (Wildman–Crippen MR) is 61.3 cm³/mol. The van der Waals surface area contributed by atoms with Gasteiger partial charge < -0.3 is 4.52 Å². The van der Waals surface area contributed by atoms with Gasteiger partial charge in [-0.15, -0.1) is 0 Å². The average molecular weight is 232 g/mol. The Balaban J connectivity index is 2.58. The van der Waals surface area contributed by atoms with Crippen molar-refractivity contribution in [3.8, 4) is 17.0 Å². The minimum absolute atomic E-state index is 0.341. The molecule has 0 amide bonds. The van der Waals surface area contributed by atoms with Crippen LogP contribution in [0.25, 0.3) is 11.3 Å². The maximum atomic E-state index is 10.5. The van der Waals surface area contributed by atoms with Gasteiger partial charge in [-0.05, 0) is 18.2 Å². The smallest absolute Gasteiger partial charge is 0.396 e. The summed E-state index contributed by atoms with van der Waals surface area (Å²) in [5.41, 5.74) is 1.94. The maximum absolute atomic E-state index is 10.5. The van der Waals surface area contributed by atoms with Crippen molar-refractivity contribution in [3.05, 3.63) is 48.7 Å². The molecular weight excluding hydrogens is 221 g/mol. The van der Waals surface area contributed by atoms with Crippen LogP contribution in [0.2, 0.25) is 0 Å². The molecule has 4 heteroatoms. The minimum Gasteiger partial charge on any atom is -0.400 e. The number of hydrogen-bond acceptors (Lipinski definition) is 2. The van der Waals surface area contributed by atoms with Gasteiger partial charge in [-0.3, -0.25) is 0 Å². The van der Waals surface area contributed by atoms with Crippen LogP contribution in [-0.4, -0.2) is 0 Å². The van der Waals surface area contributed by atoms with Crippen LogP contribution < -0.4 is 9.09 Å². The lowest BCUT2D eigenvalue weighted by molar-refractivity contribution is -0.660. The molecule has 1 aromatic carbocycles. The van der Waals surface area contributed by atoms with E-state index in [4.69, 9.17) is 4.52 Å². The largest absolute Gasteiger partial charge is 0.400 e. The molecule has 0 aliphatic heterocycles. The zero-order valence-corrected chi connectivity index (χ0v) is 9.72. The molecule has 3 nitrogen and oxygen atoms in total. The highest BCUT2D eigenvalue weighted by Gasteiger charge is 2.16. The maximum Gasteiger partial charge on any atom is 0.396 e. The number of rotatable bonds is 3. The molecule has 16 heavy (non-hydrogen) atoms. The lowest BCUT2D eigenvalue weighted by Crippen LogP contribution is -2.30. The SMILES string of the molecule is C[n+]1cccc(OP=O)c1-c1ccccc1. The number of aromatic nitrogens is 1. The van der Waals surface area contributed by atoms with Gasteiger partial charge in [0, 0.05) is 6.07 Å². The first-order chi connectivity index (χ1) is 7.83. The Bertz CT molecular complexity index is 500. The molecule has 0 N–H and O–H groups in total. The molecule has 80 valence electrons. The monoisotopic (exact) mass is 232 g/mol. The van der Waals surface area contributed by atoms with E-state index in [1.54, 1.807) is 6.07 Å². The molecule has 2 aromatic rings. The molecule has 0 unspecified atom stereocenters. The van der Waals surface area contributed by atoms with Crippen LogP contribution in [0.5, 0.6) is 5.75 Å². The number of hydrogen-bond donors (Lipinski definition) is 0. The van der Waals surface area contributed by atoms with E-state index in [9.17, 15) is 4.57 Å². The molecule has 0 aliphatic carbocycles. The average Bonchev–Trinajstić information content (AvgIpc) is 2.31. The molecule has 0 radical (unpaired) electrons. The Hall–Kier alpha value is -1.73. The summed E-state index contributed by atoms with van der Waals surface area (Å²) in [4.78, 5) is 0. The van der Waals surface area contributed by atoms with E-state index in [-0.39, 0.29) is 8.69 Å². The standard InChI is InChI=1S/C12H11NO2P/c1-13-9-5-8-11(15-16-14)12(13)10-6-3-2-4-7-10/h2-9H,1H3/q+1. The Morgan fingerprint density at radius 2 is 1.88 bits per heavy atom. The van der Waals surface area contributed by atoms with Crippen LogP contribution in [0, 0.1) is 0 Å². The lowest BCUT2D eigenvalue weighted by atomic mass is 10.1. The third kappa shape index (κ3) is 2.10. The molecule has 1 aromatic heterocycles. The van der Waals surface area contributed by atoms with E-state index in [0.29, 0.717) is 5.75 Å². The van der Waals surface area contributed by atoms with Crippen LogP contribution in [0.4, 0.5) is 0 Å². The summed E-state index contributed by atoms with van der Waals surface area (Å²) >= 11 is 0. The van der Waals surface area contributed by atoms with Crippen molar-refractivity contribution < 1.29 is 13.7 Å². The predicted octanol–water partition coefficient (Wildman–Crippen LogP) is 2.76. The first kappa shape index (κ1) is 10.8. The Labute approximate surface area is 95.6 Å². The van der Waals surface area contributed by atoms with E-state index >= 15 is 0 Å². The van der Waals surface area contributed by atoms with Gasteiger partial charge >= 0.3 is 8.69 Å². The first-order valence-corrected chi connectivity index (χ1v) is 5.59. The number of aryl methyl sites for hydroxylation is 1. The first-order valence-electron chi connectivity index (χ1n) is 4.86. The summed E-state index contributed by atoms with van der Waals surface area (Å²) in [7, 11) is 1.59. The van der Waals surface area contributed by atoms with Crippen molar-refractivity contribution in [2.75, 3.05) is 0 Å². The third-order valence-corrected chi connectivity index (χ3v) is 2.60. The Kier molecular flexibility index (Phi) is 3.28. The zero-order chi connectivity index (χ0) is 11.4. The lowest BCUT2D eigenvalue weighted by Gasteiger charge is -2.03. The second-order valence-electron chi connectivity index (χ2n) is 3.36.